The van der Waals surface area contributed by atoms with Gasteiger partial charge >= 0.3 is 0 Å². The largest absolute Gasteiger partial charge is 0.375 e. The number of aromatic nitrogens is 3. The van der Waals surface area contributed by atoms with Gasteiger partial charge in [0.2, 0.25) is 5.95 Å². The van der Waals surface area contributed by atoms with Crippen LogP contribution in [0.1, 0.15) is 35.2 Å². The van der Waals surface area contributed by atoms with Crippen molar-refractivity contribution in [1.29, 1.82) is 0 Å². The molecule has 2 aromatic carbocycles. The van der Waals surface area contributed by atoms with Gasteiger partial charge in [-0.25, -0.2) is 4.68 Å². The lowest BCUT2D eigenvalue weighted by Gasteiger charge is -2.39. The Morgan fingerprint density at radius 3 is 2.48 bits per heavy atom. The second kappa shape index (κ2) is 7.32. The van der Waals surface area contributed by atoms with E-state index in [-0.39, 0.29) is 24.6 Å². The first-order valence-corrected chi connectivity index (χ1v) is 9.01. The van der Waals surface area contributed by atoms with E-state index in [2.05, 4.69) is 53.4 Å². The van der Waals surface area contributed by atoms with Crippen molar-refractivity contribution in [2.24, 2.45) is 0 Å². The highest BCUT2D eigenvalue weighted by molar-refractivity contribution is 5.93. The predicted molar refractivity (Wildman–Crippen MR) is 103 cm³/mol. The van der Waals surface area contributed by atoms with Gasteiger partial charge in [0.15, 0.2) is 0 Å². The van der Waals surface area contributed by atoms with Crippen LogP contribution in [0.15, 0.2) is 60.9 Å². The Labute approximate surface area is 158 Å². The van der Waals surface area contributed by atoms with Gasteiger partial charge in [-0.1, -0.05) is 60.2 Å². The van der Waals surface area contributed by atoms with Gasteiger partial charge in [0.25, 0.3) is 5.91 Å². The number of carbonyl (C=O) groups is 1. The molecule has 6 heteroatoms. The third-order valence-corrected chi connectivity index (χ3v) is 5.01. The van der Waals surface area contributed by atoms with Crippen molar-refractivity contribution in [2.45, 2.75) is 25.4 Å². The maximum atomic E-state index is 12.9. The van der Waals surface area contributed by atoms with Crippen LogP contribution >= 0.6 is 0 Å². The van der Waals surface area contributed by atoms with Crippen molar-refractivity contribution < 1.29 is 9.53 Å². The molecular weight excluding hydrogens is 340 g/mol. The standard InChI is InChI=1S/C21H22N4O2/c1-15-8-10-17(11-9-15)19-12-18(16-6-4-3-5-7-16)24(20(26)13-27-2)21-22-14-23-25(19)21/h3-11,14,18-19H,12-13H2,1-2H3/t18-,19-/m0/s1. The summed E-state index contributed by atoms with van der Waals surface area (Å²) in [5, 5.41) is 4.43. The fourth-order valence-corrected chi connectivity index (χ4v) is 3.70. The molecule has 0 spiro atoms. The lowest BCUT2D eigenvalue weighted by molar-refractivity contribution is -0.123. The first kappa shape index (κ1) is 17.4. The maximum absolute atomic E-state index is 12.9. The number of amides is 1. The van der Waals surface area contributed by atoms with Gasteiger partial charge in [0.1, 0.15) is 12.9 Å². The summed E-state index contributed by atoms with van der Waals surface area (Å²) in [5.41, 5.74) is 3.45. The SMILES string of the molecule is COCC(=O)N1c2ncnn2[C@H](c2ccc(C)cc2)C[C@H]1c1ccccc1. The number of benzene rings is 2. The lowest BCUT2D eigenvalue weighted by Crippen LogP contribution is -2.44. The molecule has 4 rings (SSSR count). The molecule has 0 unspecified atom stereocenters. The summed E-state index contributed by atoms with van der Waals surface area (Å²) < 4.78 is 6.95. The van der Waals surface area contributed by atoms with Crippen LogP contribution in [-0.2, 0) is 9.53 Å². The van der Waals surface area contributed by atoms with E-state index in [1.165, 1.54) is 19.0 Å². The fraction of sp³-hybridized carbons (Fsp3) is 0.286. The molecule has 0 fully saturated rings. The fourth-order valence-electron chi connectivity index (χ4n) is 3.70. The van der Waals surface area contributed by atoms with Crippen molar-refractivity contribution in [3.63, 3.8) is 0 Å². The highest BCUT2D eigenvalue weighted by Gasteiger charge is 2.39. The predicted octanol–water partition coefficient (Wildman–Crippen LogP) is 3.30. The van der Waals surface area contributed by atoms with Crippen molar-refractivity contribution >= 4 is 11.9 Å². The van der Waals surface area contributed by atoms with Crippen LogP contribution in [0.4, 0.5) is 5.95 Å². The quantitative estimate of drug-likeness (QED) is 0.714. The number of methoxy groups -OCH3 is 1. The molecule has 2 atom stereocenters. The van der Waals surface area contributed by atoms with Gasteiger partial charge in [-0.15, -0.1) is 0 Å². The number of hydrogen-bond acceptors (Lipinski definition) is 4. The zero-order valence-corrected chi connectivity index (χ0v) is 15.4. The van der Waals surface area contributed by atoms with E-state index in [1.54, 1.807) is 4.90 Å². The minimum absolute atomic E-state index is 0.00535. The summed E-state index contributed by atoms with van der Waals surface area (Å²) in [5.74, 6) is 0.436. The number of hydrogen-bond donors (Lipinski definition) is 0. The molecule has 0 aliphatic carbocycles. The van der Waals surface area contributed by atoms with Crippen molar-refractivity contribution in [3.05, 3.63) is 77.6 Å². The molecule has 0 saturated heterocycles. The summed E-state index contributed by atoms with van der Waals surface area (Å²) in [4.78, 5) is 19.0. The highest BCUT2D eigenvalue weighted by Crippen LogP contribution is 2.41. The van der Waals surface area contributed by atoms with Crippen LogP contribution in [0.25, 0.3) is 0 Å². The van der Waals surface area contributed by atoms with Gasteiger partial charge in [-0.2, -0.15) is 10.1 Å². The Bertz CT molecular complexity index is 921. The van der Waals surface area contributed by atoms with Gasteiger partial charge in [-0.3, -0.25) is 9.69 Å². The molecule has 1 aromatic heterocycles. The molecular formula is C21H22N4O2. The van der Waals surface area contributed by atoms with Crippen LogP contribution in [0.5, 0.6) is 0 Å². The Morgan fingerprint density at radius 1 is 1.07 bits per heavy atom. The van der Waals surface area contributed by atoms with Crippen LogP contribution in [0.3, 0.4) is 0 Å². The lowest BCUT2D eigenvalue weighted by atomic mass is 9.91. The second-order valence-corrected chi connectivity index (χ2v) is 6.79. The van der Waals surface area contributed by atoms with Crippen LogP contribution in [0.2, 0.25) is 0 Å². The molecule has 2 heterocycles. The highest BCUT2D eigenvalue weighted by atomic mass is 16.5. The maximum Gasteiger partial charge on any atom is 0.255 e. The summed E-state index contributed by atoms with van der Waals surface area (Å²) >= 11 is 0. The monoisotopic (exact) mass is 362 g/mol. The van der Waals surface area contributed by atoms with Crippen LogP contribution < -0.4 is 4.90 Å². The molecule has 3 aromatic rings. The van der Waals surface area contributed by atoms with E-state index in [9.17, 15) is 4.79 Å². The number of ether oxygens (including phenoxy) is 1. The van der Waals surface area contributed by atoms with E-state index in [4.69, 9.17) is 4.74 Å². The molecule has 1 aliphatic rings. The zero-order valence-electron chi connectivity index (χ0n) is 15.4. The minimum Gasteiger partial charge on any atom is -0.375 e. The van der Waals surface area contributed by atoms with E-state index >= 15 is 0 Å². The molecule has 0 radical (unpaired) electrons. The third-order valence-electron chi connectivity index (χ3n) is 5.01. The Hall–Kier alpha value is -2.99. The first-order chi connectivity index (χ1) is 13.2. The Morgan fingerprint density at radius 2 is 1.78 bits per heavy atom. The summed E-state index contributed by atoms with van der Waals surface area (Å²) in [7, 11) is 1.53. The average Bonchev–Trinajstić information content (AvgIpc) is 3.18. The molecule has 138 valence electrons. The van der Waals surface area contributed by atoms with E-state index in [1.807, 2.05) is 22.9 Å². The number of aryl methyl sites for hydroxylation is 1. The second-order valence-electron chi connectivity index (χ2n) is 6.79. The van der Waals surface area contributed by atoms with Crippen LogP contribution in [0, 0.1) is 6.92 Å². The Balaban J connectivity index is 1.82. The third kappa shape index (κ3) is 3.24. The minimum atomic E-state index is -0.128. The zero-order chi connectivity index (χ0) is 18.8. The van der Waals surface area contributed by atoms with Gasteiger partial charge in [-0.05, 0) is 24.5 Å². The number of fused-ring (bicyclic) bond motifs is 1. The first-order valence-electron chi connectivity index (χ1n) is 9.01. The molecule has 0 N–H and O–H groups in total. The van der Waals surface area contributed by atoms with E-state index in [0.29, 0.717) is 5.95 Å². The van der Waals surface area contributed by atoms with Crippen LogP contribution in [-0.4, -0.2) is 34.4 Å². The number of nitrogens with zero attached hydrogens (tertiary/aromatic N) is 4. The van der Waals surface area contributed by atoms with Crippen molar-refractivity contribution in [3.8, 4) is 0 Å². The Kier molecular flexibility index (Phi) is 4.73. The van der Waals surface area contributed by atoms with Gasteiger partial charge < -0.3 is 4.74 Å². The molecule has 27 heavy (non-hydrogen) atoms. The van der Waals surface area contributed by atoms with E-state index in [0.717, 1.165) is 17.5 Å². The molecule has 6 nitrogen and oxygen atoms in total. The van der Waals surface area contributed by atoms with E-state index < -0.39 is 0 Å². The number of carbonyl (C=O) groups excluding carboxylic acids is 1. The van der Waals surface area contributed by atoms with Crippen molar-refractivity contribution in [2.75, 3.05) is 18.6 Å². The van der Waals surface area contributed by atoms with Gasteiger partial charge in [0.05, 0.1) is 12.1 Å². The molecule has 0 saturated carbocycles. The smallest absolute Gasteiger partial charge is 0.255 e. The summed E-state index contributed by atoms with van der Waals surface area (Å²) in [6, 6.07) is 18.4. The molecule has 1 amide bonds. The summed E-state index contributed by atoms with van der Waals surface area (Å²) in [6.07, 6.45) is 2.23. The average molecular weight is 362 g/mol. The normalized spacial score (nSPS) is 19.0. The van der Waals surface area contributed by atoms with Gasteiger partial charge in [0, 0.05) is 7.11 Å². The summed E-state index contributed by atoms with van der Waals surface area (Å²) in [6.45, 7) is 2.08. The topological polar surface area (TPSA) is 60.2 Å². The number of anilines is 1. The molecule has 0 bridgehead atoms. The number of rotatable bonds is 4. The molecule has 1 aliphatic heterocycles. The van der Waals surface area contributed by atoms with Crippen molar-refractivity contribution in [1.82, 2.24) is 14.8 Å².